The maximum absolute atomic E-state index is 6.31. The van der Waals surface area contributed by atoms with Gasteiger partial charge < -0.3 is 10.6 Å². The summed E-state index contributed by atoms with van der Waals surface area (Å²) >= 11 is 0. The lowest BCUT2D eigenvalue weighted by Gasteiger charge is -2.46. The molecule has 0 spiro atoms. The first-order valence-corrected chi connectivity index (χ1v) is 10.6. The second kappa shape index (κ2) is 6.57. The minimum atomic E-state index is -1.06. The minimum Gasteiger partial charge on any atom is -0.369 e. The Morgan fingerprint density at radius 3 is 2.71 bits per heavy atom. The van der Waals surface area contributed by atoms with Gasteiger partial charge >= 0.3 is 0 Å². The Labute approximate surface area is 166 Å². The molecule has 0 aromatic carbocycles. The third-order valence-electron chi connectivity index (χ3n) is 7.27. The predicted molar refractivity (Wildman–Crippen MR) is 110 cm³/mol. The summed E-state index contributed by atoms with van der Waals surface area (Å²) in [6.45, 7) is 7.66. The van der Waals surface area contributed by atoms with Gasteiger partial charge in [0.05, 0.1) is 0 Å². The van der Waals surface area contributed by atoms with Crippen molar-refractivity contribution in [3.63, 3.8) is 0 Å². The fraction of sp³-hybridized carbons (Fsp3) is 0.700. The zero-order chi connectivity index (χ0) is 19.5. The van der Waals surface area contributed by atoms with Crippen LogP contribution in [0.15, 0.2) is 17.3 Å². The van der Waals surface area contributed by atoms with E-state index in [4.69, 9.17) is 16.5 Å². The number of hydrazine groups is 1. The molecule has 5 atom stereocenters. The fourth-order valence-electron chi connectivity index (χ4n) is 5.92. The maximum atomic E-state index is 6.31. The van der Waals surface area contributed by atoms with E-state index in [1.807, 2.05) is 6.20 Å². The maximum Gasteiger partial charge on any atom is 0.210 e. The van der Waals surface area contributed by atoms with Gasteiger partial charge in [0.15, 0.2) is 0 Å². The number of hydrogen-bond donors (Lipinski definition) is 4. The first-order chi connectivity index (χ1) is 13.4. The van der Waals surface area contributed by atoms with Gasteiger partial charge in [-0.25, -0.2) is 9.98 Å². The first kappa shape index (κ1) is 18.1. The van der Waals surface area contributed by atoms with Crippen LogP contribution in [0.3, 0.4) is 0 Å². The van der Waals surface area contributed by atoms with Crippen LogP contribution in [-0.2, 0) is 5.79 Å². The van der Waals surface area contributed by atoms with Crippen molar-refractivity contribution in [3.05, 3.63) is 23.4 Å². The van der Waals surface area contributed by atoms with E-state index in [0.717, 1.165) is 54.5 Å². The lowest BCUT2D eigenvalue weighted by atomic mass is 9.92. The number of aryl methyl sites for hydroxylation is 1. The number of hydrogen-bond acceptors (Lipinski definition) is 8. The Morgan fingerprint density at radius 1 is 1.25 bits per heavy atom. The molecule has 0 amide bonds. The number of anilines is 1. The van der Waals surface area contributed by atoms with Gasteiger partial charge in [-0.15, -0.1) is 0 Å². The molecule has 8 nitrogen and oxygen atoms in total. The number of nitrogens with two attached hydrogens (primary N) is 2. The van der Waals surface area contributed by atoms with Gasteiger partial charge in [0.2, 0.25) is 11.7 Å². The summed E-state index contributed by atoms with van der Waals surface area (Å²) in [6, 6.07) is 3.44. The summed E-state index contributed by atoms with van der Waals surface area (Å²) in [7, 11) is 0. The van der Waals surface area contributed by atoms with E-state index in [2.05, 4.69) is 45.6 Å². The molecule has 1 saturated heterocycles. The van der Waals surface area contributed by atoms with E-state index in [0.29, 0.717) is 6.04 Å². The van der Waals surface area contributed by atoms with Crippen molar-refractivity contribution in [1.29, 1.82) is 0 Å². The van der Waals surface area contributed by atoms with Gasteiger partial charge in [0.1, 0.15) is 5.82 Å². The van der Waals surface area contributed by atoms with Crippen molar-refractivity contribution < 1.29 is 0 Å². The molecule has 1 aromatic heterocycles. The molecule has 8 heteroatoms. The largest absolute Gasteiger partial charge is 0.369 e. The molecule has 1 aromatic rings. The van der Waals surface area contributed by atoms with Gasteiger partial charge in [-0.2, -0.15) is 5.43 Å². The van der Waals surface area contributed by atoms with E-state index < -0.39 is 5.79 Å². The number of piperazine rings is 1. The Balaban J connectivity index is 1.30. The molecule has 3 heterocycles. The van der Waals surface area contributed by atoms with Crippen molar-refractivity contribution in [2.75, 3.05) is 24.5 Å². The van der Waals surface area contributed by atoms with E-state index in [-0.39, 0.29) is 5.96 Å². The average Bonchev–Trinajstić information content (AvgIpc) is 3.38. The van der Waals surface area contributed by atoms with E-state index >= 15 is 0 Å². The highest BCUT2D eigenvalue weighted by Gasteiger charge is 2.44. The quantitative estimate of drug-likeness (QED) is 0.604. The molecule has 2 aliphatic heterocycles. The number of fused-ring (bicyclic) bond motifs is 2. The molecule has 152 valence electrons. The molecule has 3 unspecified atom stereocenters. The second-order valence-corrected chi connectivity index (χ2v) is 9.15. The highest BCUT2D eigenvalue weighted by Crippen LogP contribution is 2.47. The van der Waals surface area contributed by atoms with Crippen molar-refractivity contribution in [3.8, 4) is 0 Å². The SMILES string of the molecule is Cc1cc(C2(N)N=C(N)NN2)cnc1N1CCN([C@H]2CC3CCC2C3)[C@@H](C)C1. The lowest BCUT2D eigenvalue weighted by Crippen LogP contribution is -2.57. The molecule has 6 N–H and O–H groups in total. The molecule has 28 heavy (non-hydrogen) atoms. The van der Waals surface area contributed by atoms with Crippen LogP contribution in [0.4, 0.5) is 5.82 Å². The van der Waals surface area contributed by atoms with Crippen LogP contribution in [0.1, 0.15) is 43.7 Å². The monoisotopic (exact) mass is 384 g/mol. The molecule has 2 bridgehead atoms. The summed E-state index contributed by atoms with van der Waals surface area (Å²) in [5.74, 6) is 2.22. The van der Waals surface area contributed by atoms with Gasteiger partial charge in [-0.05, 0) is 56.6 Å². The van der Waals surface area contributed by atoms with Crippen molar-refractivity contribution in [1.82, 2.24) is 20.7 Å². The number of aromatic nitrogens is 1. The van der Waals surface area contributed by atoms with Crippen LogP contribution in [0, 0.1) is 18.8 Å². The second-order valence-electron chi connectivity index (χ2n) is 9.15. The number of pyridine rings is 1. The summed E-state index contributed by atoms with van der Waals surface area (Å²) in [6.07, 6.45) is 7.61. The van der Waals surface area contributed by atoms with Crippen LogP contribution >= 0.6 is 0 Å². The highest BCUT2D eigenvalue weighted by molar-refractivity contribution is 5.79. The Hall–Kier alpha value is -1.90. The van der Waals surface area contributed by atoms with E-state index in [1.54, 1.807) is 0 Å². The van der Waals surface area contributed by atoms with Gasteiger partial charge in [0.25, 0.3) is 0 Å². The molecule has 2 saturated carbocycles. The van der Waals surface area contributed by atoms with Gasteiger partial charge in [0, 0.05) is 43.5 Å². The molecule has 5 rings (SSSR count). The topological polar surface area (TPSA) is 108 Å². The number of guanidine groups is 1. The predicted octanol–water partition coefficient (Wildman–Crippen LogP) is 0.581. The first-order valence-electron chi connectivity index (χ1n) is 10.6. The average molecular weight is 385 g/mol. The molecule has 3 fully saturated rings. The smallest absolute Gasteiger partial charge is 0.210 e. The summed E-state index contributed by atoms with van der Waals surface area (Å²) < 4.78 is 0. The number of aliphatic imine (C=N–C) groups is 1. The van der Waals surface area contributed by atoms with Crippen LogP contribution in [-0.4, -0.2) is 47.6 Å². The van der Waals surface area contributed by atoms with Gasteiger partial charge in [-0.1, -0.05) is 6.42 Å². The number of rotatable bonds is 3. The third kappa shape index (κ3) is 2.94. The Bertz CT molecular complexity index is 794. The lowest BCUT2D eigenvalue weighted by molar-refractivity contribution is 0.0899. The summed E-state index contributed by atoms with van der Waals surface area (Å²) in [4.78, 5) is 14.2. The van der Waals surface area contributed by atoms with Crippen LogP contribution in [0.2, 0.25) is 0 Å². The van der Waals surface area contributed by atoms with Crippen LogP contribution in [0.25, 0.3) is 0 Å². The van der Waals surface area contributed by atoms with Crippen molar-refractivity contribution in [2.24, 2.45) is 28.3 Å². The minimum absolute atomic E-state index is 0.287. The summed E-state index contributed by atoms with van der Waals surface area (Å²) in [5, 5.41) is 0. The summed E-state index contributed by atoms with van der Waals surface area (Å²) in [5.41, 5.74) is 19.6. The van der Waals surface area contributed by atoms with Crippen molar-refractivity contribution >= 4 is 11.8 Å². The molecule has 4 aliphatic rings. The fourth-order valence-corrected chi connectivity index (χ4v) is 5.92. The molecular weight excluding hydrogens is 352 g/mol. The standard InChI is InChI=1S/C20H32N8/c1-12-7-16(20(22)24-19(21)25-26-20)10-23-18(12)27-5-6-28(13(2)11-27)17-9-14-3-4-15(17)8-14/h7,10,13-15,17,26H,3-6,8-9,11,22H2,1-2H3,(H3,21,24,25)/t13-,14?,15?,17-,20?/m0/s1. The highest BCUT2D eigenvalue weighted by atomic mass is 15.6. The van der Waals surface area contributed by atoms with Crippen LogP contribution < -0.4 is 27.2 Å². The number of nitrogens with one attached hydrogen (secondary N) is 2. The normalized spacial score (nSPS) is 38.0. The van der Waals surface area contributed by atoms with E-state index in [1.165, 1.54) is 25.7 Å². The Morgan fingerprint density at radius 2 is 2.11 bits per heavy atom. The Kier molecular flexibility index (Phi) is 4.26. The van der Waals surface area contributed by atoms with Crippen LogP contribution in [0.5, 0.6) is 0 Å². The zero-order valence-corrected chi connectivity index (χ0v) is 16.9. The zero-order valence-electron chi connectivity index (χ0n) is 16.9. The van der Waals surface area contributed by atoms with Crippen molar-refractivity contribution in [2.45, 2.75) is 57.4 Å². The molecule has 2 aliphatic carbocycles. The molecular formula is C20H32N8. The number of nitrogens with zero attached hydrogens (tertiary/aromatic N) is 4. The van der Waals surface area contributed by atoms with Gasteiger partial charge in [-0.3, -0.25) is 16.1 Å². The van der Waals surface area contributed by atoms with E-state index in [9.17, 15) is 0 Å². The molecule has 0 radical (unpaired) electrons. The third-order valence-corrected chi connectivity index (χ3v) is 7.27.